The number of aromatic nitrogens is 2. The van der Waals surface area contributed by atoms with Crippen LogP contribution in [-0.4, -0.2) is 14.9 Å². The van der Waals surface area contributed by atoms with Crippen molar-refractivity contribution in [3.8, 4) is 0 Å². The molecule has 0 saturated carbocycles. The smallest absolute Gasteiger partial charge is 0.101 e. The number of nitrogens with zero attached hydrogens (tertiary/aromatic N) is 2. The van der Waals surface area contributed by atoms with Crippen LogP contribution in [0.4, 0.5) is 0 Å². The quantitative estimate of drug-likeness (QED) is 0.938. The Balaban J connectivity index is 2.33. The van der Waals surface area contributed by atoms with E-state index in [4.69, 9.17) is 0 Å². The van der Waals surface area contributed by atoms with Crippen molar-refractivity contribution < 1.29 is 5.11 Å². The van der Waals surface area contributed by atoms with E-state index < -0.39 is 5.60 Å². The second-order valence-corrected chi connectivity index (χ2v) is 6.91. The average molecular weight is 329 g/mol. The molecule has 0 aliphatic heterocycles. The molecule has 3 nitrogen and oxygen atoms in total. The molecule has 18 heavy (non-hydrogen) atoms. The van der Waals surface area contributed by atoms with Crippen molar-refractivity contribution in [2.75, 3.05) is 0 Å². The van der Waals surface area contributed by atoms with Gasteiger partial charge in [0.15, 0.2) is 0 Å². The molecule has 0 spiro atoms. The first-order valence-corrected chi connectivity index (χ1v) is 7.39. The van der Waals surface area contributed by atoms with Crippen molar-refractivity contribution in [2.24, 2.45) is 7.05 Å². The van der Waals surface area contributed by atoms with Crippen LogP contribution in [0.5, 0.6) is 0 Å². The average Bonchev–Trinajstić information content (AvgIpc) is 2.80. The van der Waals surface area contributed by atoms with E-state index in [0.717, 1.165) is 20.7 Å². The van der Waals surface area contributed by atoms with E-state index in [0.29, 0.717) is 6.42 Å². The van der Waals surface area contributed by atoms with Crippen LogP contribution < -0.4 is 0 Å². The number of hydrogen-bond donors (Lipinski definition) is 1. The lowest BCUT2D eigenvalue weighted by Gasteiger charge is -2.22. The molecule has 2 heterocycles. The first-order valence-electron chi connectivity index (χ1n) is 5.78. The first kappa shape index (κ1) is 13.8. The van der Waals surface area contributed by atoms with Gasteiger partial charge in [-0.15, -0.1) is 11.3 Å². The van der Waals surface area contributed by atoms with Gasteiger partial charge >= 0.3 is 0 Å². The fourth-order valence-corrected chi connectivity index (χ4v) is 3.40. The molecule has 0 bridgehead atoms. The normalized spacial score (nSPS) is 14.8. The monoisotopic (exact) mass is 328 g/mol. The zero-order valence-electron chi connectivity index (χ0n) is 11.0. The minimum Gasteiger partial charge on any atom is -0.384 e. The molecular formula is C13H17BrN2OS. The molecule has 1 N–H and O–H groups in total. The third-order valence-electron chi connectivity index (χ3n) is 3.04. The van der Waals surface area contributed by atoms with Gasteiger partial charge in [-0.3, -0.25) is 4.68 Å². The number of thiophene rings is 1. The number of halogens is 1. The summed E-state index contributed by atoms with van der Waals surface area (Å²) in [4.78, 5) is 2.20. The van der Waals surface area contributed by atoms with Crippen LogP contribution in [0.15, 0.2) is 16.6 Å². The number of rotatable bonds is 3. The molecule has 2 aromatic heterocycles. The van der Waals surface area contributed by atoms with Gasteiger partial charge in [0, 0.05) is 23.2 Å². The van der Waals surface area contributed by atoms with Crippen LogP contribution in [0.2, 0.25) is 0 Å². The van der Waals surface area contributed by atoms with E-state index in [1.807, 2.05) is 44.6 Å². The van der Waals surface area contributed by atoms with Crippen LogP contribution in [0.3, 0.4) is 0 Å². The van der Waals surface area contributed by atoms with Gasteiger partial charge in [0.1, 0.15) is 5.60 Å². The van der Waals surface area contributed by atoms with Gasteiger partial charge in [0.25, 0.3) is 0 Å². The Labute approximate surface area is 120 Å². The van der Waals surface area contributed by atoms with E-state index in [1.54, 1.807) is 11.3 Å². The maximum absolute atomic E-state index is 10.7. The Morgan fingerprint density at radius 3 is 2.56 bits per heavy atom. The zero-order valence-corrected chi connectivity index (χ0v) is 13.4. The fraction of sp³-hybridized carbons (Fsp3) is 0.462. The first-order chi connectivity index (χ1) is 8.31. The van der Waals surface area contributed by atoms with Gasteiger partial charge in [0.05, 0.1) is 15.9 Å². The minimum atomic E-state index is -0.859. The van der Waals surface area contributed by atoms with Gasteiger partial charge in [-0.25, -0.2) is 0 Å². The Morgan fingerprint density at radius 2 is 2.11 bits per heavy atom. The molecule has 0 saturated heterocycles. The van der Waals surface area contributed by atoms with Crippen molar-refractivity contribution in [1.82, 2.24) is 9.78 Å². The SMILES string of the molecule is Cc1ccc(C(C)(O)Cc2c(Br)c(C)nn2C)s1. The third-order valence-corrected chi connectivity index (χ3v) is 5.33. The largest absolute Gasteiger partial charge is 0.384 e. The van der Waals surface area contributed by atoms with Crippen molar-refractivity contribution in [2.45, 2.75) is 32.8 Å². The molecule has 0 fully saturated rings. The van der Waals surface area contributed by atoms with Crippen molar-refractivity contribution in [3.63, 3.8) is 0 Å². The Morgan fingerprint density at radius 1 is 1.44 bits per heavy atom. The van der Waals surface area contributed by atoms with E-state index in [-0.39, 0.29) is 0 Å². The molecule has 5 heteroatoms. The number of hydrogen-bond acceptors (Lipinski definition) is 3. The molecule has 1 unspecified atom stereocenters. The Bertz CT molecular complexity index is 572. The van der Waals surface area contributed by atoms with Crippen LogP contribution in [-0.2, 0) is 19.1 Å². The lowest BCUT2D eigenvalue weighted by atomic mass is 9.98. The highest BCUT2D eigenvalue weighted by Crippen LogP contribution is 2.33. The van der Waals surface area contributed by atoms with Crippen molar-refractivity contribution >= 4 is 27.3 Å². The summed E-state index contributed by atoms with van der Waals surface area (Å²) in [7, 11) is 1.91. The molecule has 2 aromatic rings. The van der Waals surface area contributed by atoms with Gasteiger partial charge in [0.2, 0.25) is 0 Å². The topological polar surface area (TPSA) is 38.1 Å². The molecule has 1 atom stereocenters. The molecule has 2 rings (SSSR count). The van der Waals surface area contributed by atoms with Gasteiger partial charge in [-0.1, -0.05) is 0 Å². The third kappa shape index (κ3) is 2.53. The van der Waals surface area contributed by atoms with Crippen LogP contribution >= 0.6 is 27.3 Å². The highest BCUT2D eigenvalue weighted by molar-refractivity contribution is 9.10. The summed E-state index contributed by atoms with van der Waals surface area (Å²) in [6.07, 6.45) is 0.547. The predicted molar refractivity (Wildman–Crippen MR) is 78.0 cm³/mol. The molecule has 0 aromatic carbocycles. The molecule has 0 aliphatic carbocycles. The highest BCUT2D eigenvalue weighted by Gasteiger charge is 2.28. The minimum absolute atomic E-state index is 0.547. The lowest BCUT2D eigenvalue weighted by molar-refractivity contribution is 0.0593. The predicted octanol–water partition coefficient (Wildman–Crippen LogP) is 3.31. The van der Waals surface area contributed by atoms with E-state index in [9.17, 15) is 5.11 Å². The number of aryl methyl sites for hydroxylation is 3. The fourth-order valence-electron chi connectivity index (χ4n) is 2.01. The van der Waals surface area contributed by atoms with Crippen molar-refractivity contribution in [3.05, 3.63) is 37.7 Å². The zero-order chi connectivity index (χ0) is 13.5. The summed E-state index contributed by atoms with van der Waals surface area (Å²) in [5.74, 6) is 0. The van der Waals surface area contributed by atoms with E-state index in [1.165, 1.54) is 4.88 Å². The molecule has 98 valence electrons. The Hall–Kier alpha value is -0.650. The maximum Gasteiger partial charge on any atom is 0.101 e. The summed E-state index contributed by atoms with van der Waals surface area (Å²) in [5.41, 5.74) is 1.11. The van der Waals surface area contributed by atoms with Crippen molar-refractivity contribution in [1.29, 1.82) is 0 Å². The van der Waals surface area contributed by atoms with Gasteiger partial charge in [-0.05, 0) is 48.8 Å². The summed E-state index contributed by atoms with van der Waals surface area (Å²) in [6, 6.07) is 4.04. The second kappa shape index (κ2) is 4.79. The second-order valence-electron chi connectivity index (χ2n) is 4.83. The lowest BCUT2D eigenvalue weighted by Crippen LogP contribution is -2.24. The van der Waals surface area contributed by atoms with Crippen LogP contribution in [0, 0.1) is 13.8 Å². The van der Waals surface area contributed by atoms with E-state index >= 15 is 0 Å². The number of aliphatic hydroxyl groups is 1. The molecule has 0 aliphatic rings. The standard InChI is InChI=1S/C13H17BrN2OS/c1-8-5-6-11(18-8)13(3,17)7-10-12(14)9(2)15-16(10)4/h5-6,17H,7H2,1-4H3. The maximum atomic E-state index is 10.7. The highest BCUT2D eigenvalue weighted by atomic mass is 79.9. The van der Waals surface area contributed by atoms with E-state index in [2.05, 4.69) is 21.0 Å². The summed E-state index contributed by atoms with van der Waals surface area (Å²) in [6.45, 7) is 5.86. The van der Waals surface area contributed by atoms with Gasteiger partial charge < -0.3 is 5.11 Å². The summed E-state index contributed by atoms with van der Waals surface area (Å²) >= 11 is 5.18. The molecule has 0 amide bonds. The summed E-state index contributed by atoms with van der Waals surface area (Å²) < 4.78 is 2.81. The van der Waals surface area contributed by atoms with Crippen LogP contribution in [0.25, 0.3) is 0 Å². The molecular weight excluding hydrogens is 312 g/mol. The van der Waals surface area contributed by atoms with Gasteiger partial charge in [-0.2, -0.15) is 5.10 Å². The van der Waals surface area contributed by atoms with Crippen LogP contribution in [0.1, 0.15) is 28.1 Å². The Kier molecular flexibility index (Phi) is 3.67. The summed E-state index contributed by atoms with van der Waals surface area (Å²) in [5, 5.41) is 15.0. The molecule has 0 radical (unpaired) electrons.